The molecule has 0 aliphatic carbocycles. The summed E-state index contributed by atoms with van der Waals surface area (Å²) in [6.07, 6.45) is 2.60. The third-order valence-corrected chi connectivity index (χ3v) is 3.73. The third kappa shape index (κ3) is 1.99. The molecule has 3 aromatic rings. The summed E-state index contributed by atoms with van der Waals surface area (Å²) in [5.41, 5.74) is 3.48. The SMILES string of the molecule is Cc1cccn2c(C=O)c(-c3ccc(Cl)cc3Cl)nc12. The summed E-state index contributed by atoms with van der Waals surface area (Å²) in [5.74, 6) is 0. The van der Waals surface area contributed by atoms with E-state index in [1.54, 1.807) is 22.6 Å². The fraction of sp³-hybridized carbons (Fsp3) is 0.0667. The Hall–Kier alpha value is -1.84. The molecule has 20 heavy (non-hydrogen) atoms. The van der Waals surface area contributed by atoms with E-state index in [9.17, 15) is 4.79 Å². The second kappa shape index (κ2) is 4.93. The van der Waals surface area contributed by atoms with Crippen LogP contribution in [-0.4, -0.2) is 15.7 Å². The van der Waals surface area contributed by atoms with Gasteiger partial charge in [0.25, 0.3) is 0 Å². The number of fused-ring (bicyclic) bond motifs is 1. The first kappa shape index (κ1) is 13.2. The van der Waals surface area contributed by atoms with Crippen LogP contribution in [0, 0.1) is 6.92 Å². The van der Waals surface area contributed by atoms with Gasteiger partial charge in [0.05, 0.1) is 5.02 Å². The van der Waals surface area contributed by atoms with Crippen molar-refractivity contribution in [3.63, 3.8) is 0 Å². The van der Waals surface area contributed by atoms with E-state index in [-0.39, 0.29) is 0 Å². The molecule has 0 spiro atoms. The quantitative estimate of drug-likeness (QED) is 0.656. The second-order valence-corrected chi connectivity index (χ2v) is 5.32. The fourth-order valence-electron chi connectivity index (χ4n) is 2.21. The van der Waals surface area contributed by atoms with Crippen molar-refractivity contribution in [1.29, 1.82) is 0 Å². The lowest BCUT2D eigenvalue weighted by atomic mass is 10.1. The molecule has 0 bridgehead atoms. The number of benzene rings is 1. The predicted octanol–water partition coefficient (Wildman–Crippen LogP) is 4.43. The maximum absolute atomic E-state index is 11.4. The van der Waals surface area contributed by atoms with Gasteiger partial charge in [0.15, 0.2) is 6.29 Å². The van der Waals surface area contributed by atoms with Crippen molar-refractivity contribution in [1.82, 2.24) is 9.38 Å². The summed E-state index contributed by atoms with van der Waals surface area (Å²) >= 11 is 12.1. The minimum absolute atomic E-state index is 0.474. The van der Waals surface area contributed by atoms with E-state index in [1.807, 2.05) is 25.3 Å². The monoisotopic (exact) mass is 304 g/mol. The molecule has 2 aromatic heterocycles. The minimum Gasteiger partial charge on any atom is -0.297 e. The van der Waals surface area contributed by atoms with E-state index in [0.29, 0.717) is 27.0 Å². The van der Waals surface area contributed by atoms with Crippen LogP contribution in [0.4, 0.5) is 0 Å². The largest absolute Gasteiger partial charge is 0.297 e. The Morgan fingerprint density at radius 2 is 2.05 bits per heavy atom. The first-order valence-electron chi connectivity index (χ1n) is 6.00. The zero-order chi connectivity index (χ0) is 14.3. The Balaban J connectivity index is 2.36. The molecule has 2 heterocycles. The molecule has 0 radical (unpaired) electrons. The summed E-state index contributed by atoms with van der Waals surface area (Å²) in [4.78, 5) is 16.0. The summed E-state index contributed by atoms with van der Waals surface area (Å²) in [5, 5.41) is 1.02. The first-order chi connectivity index (χ1) is 9.61. The molecule has 0 atom stereocenters. The average Bonchev–Trinajstić information content (AvgIpc) is 2.78. The van der Waals surface area contributed by atoms with Crippen molar-refractivity contribution >= 4 is 35.1 Å². The van der Waals surface area contributed by atoms with E-state index in [4.69, 9.17) is 23.2 Å². The fourth-order valence-corrected chi connectivity index (χ4v) is 2.71. The van der Waals surface area contributed by atoms with Crippen molar-refractivity contribution in [3.8, 4) is 11.3 Å². The summed E-state index contributed by atoms with van der Waals surface area (Å²) < 4.78 is 1.77. The Bertz CT molecular complexity index is 824. The number of imidazole rings is 1. The van der Waals surface area contributed by atoms with Gasteiger partial charge in [0.1, 0.15) is 17.0 Å². The predicted molar refractivity (Wildman–Crippen MR) is 80.8 cm³/mol. The molecule has 100 valence electrons. The van der Waals surface area contributed by atoms with Gasteiger partial charge in [-0.3, -0.25) is 9.20 Å². The molecule has 1 aromatic carbocycles. The number of hydrogen-bond acceptors (Lipinski definition) is 2. The molecule has 3 nitrogen and oxygen atoms in total. The van der Waals surface area contributed by atoms with Crippen LogP contribution >= 0.6 is 23.2 Å². The smallest absolute Gasteiger partial charge is 0.169 e. The Kier molecular flexibility index (Phi) is 3.24. The van der Waals surface area contributed by atoms with Crippen molar-refractivity contribution in [2.24, 2.45) is 0 Å². The lowest BCUT2D eigenvalue weighted by Crippen LogP contribution is -1.93. The van der Waals surface area contributed by atoms with Crippen LogP contribution in [0.5, 0.6) is 0 Å². The first-order valence-corrected chi connectivity index (χ1v) is 6.75. The van der Waals surface area contributed by atoms with Crippen LogP contribution in [0.1, 0.15) is 16.1 Å². The number of aromatic nitrogens is 2. The second-order valence-electron chi connectivity index (χ2n) is 4.47. The van der Waals surface area contributed by atoms with Crippen LogP contribution in [0.25, 0.3) is 16.9 Å². The molecule has 0 saturated heterocycles. The molecule has 0 amide bonds. The molecule has 0 unspecified atom stereocenters. The normalized spacial score (nSPS) is 10.9. The lowest BCUT2D eigenvalue weighted by Gasteiger charge is -2.02. The van der Waals surface area contributed by atoms with Gasteiger partial charge in [-0.2, -0.15) is 0 Å². The highest BCUT2D eigenvalue weighted by atomic mass is 35.5. The zero-order valence-corrected chi connectivity index (χ0v) is 12.1. The van der Waals surface area contributed by atoms with Crippen molar-refractivity contribution in [2.45, 2.75) is 6.92 Å². The third-order valence-electron chi connectivity index (χ3n) is 3.18. The topological polar surface area (TPSA) is 34.4 Å². The van der Waals surface area contributed by atoms with Crippen LogP contribution in [-0.2, 0) is 0 Å². The zero-order valence-electron chi connectivity index (χ0n) is 10.6. The number of carbonyl (C=O) groups is 1. The van der Waals surface area contributed by atoms with Gasteiger partial charge in [-0.15, -0.1) is 0 Å². The van der Waals surface area contributed by atoms with E-state index in [2.05, 4.69) is 4.98 Å². The van der Waals surface area contributed by atoms with Crippen LogP contribution in [0.2, 0.25) is 10.0 Å². The van der Waals surface area contributed by atoms with Crippen LogP contribution in [0.3, 0.4) is 0 Å². The van der Waals surface area contributed by atoms with Gasteiger partial charge >= 0.3 is 0 Å². The van der Waals surface area contributed by atoms with E-state index >= 15 is 0 Å². The Labute approximate surface area is 125 Å². The van der Waals surface area contributed by atoms with Crippen molar-refractivity contribution < 1.29 is 4.79 Å². The number of halogens is 2. The number of aryl methyl sites for hydroxylation is 1. The molecular formula is C15H10Cl2N2O. The summed E-state index contributed by atoms with van der Waals surface area (Å²) in [6, 6.07) is 8.97. The molecule has 0 aliphatic heterocycles. The number of carbonyl (C=O) groups excluding carboxylic acids is 1. The van der Waals surface area contributed by atoms with Crippen molar-refractivity contribution in [2.75, 3.05) is 0 Å². The molecule has 0 N–H and O–H groups in total. The highest BCUT2D eigenvalue weighted by molar-refractivity contribution is 6.36. The number of hydrogen-bond donors (Lipinski definition) is 0. The summed E-state index contributed by atoms with van der Waals surface area (Å²) in [7, 11) is 0. The van der Waals surface area contributed by atoms with Gasteiger partial charge < -0.3 is 0 Å². The maximum atomic E-state index is 11.4. The van der Waals surface area contributed by atoms with Crippen molar-refractivity contribution in [3.05, 3.63) is 57.8 Å². The van der Waals surface area contributed by atoms with E-state index < -0.39 is 0 Å². The maximum Gasteiger partial charge on any atom is 0.169 e. The molecule has 0 aliphatic rings. The minimum atomic E-state index is 0.474. The van der Waals surface area contributed by atoms with Crippen LogP contribution < -0.4 is 0 Å². The number of aldehydes is 1. The highest BCUT2D eigenvalue weighted by Crippen LogP contribution is 2.32. The van der Waals surface area contributed by atoms with Gasteiger partial charge in [-0.05, 0) is 36.8 Å². The average molecular weight is 305 g/mol. The molecule has 3 rings (SSSR count). The Morgan fingerprint density at radius 1 is 1.25 bits per heavy atom. The van der Waals surface area contributed by atoms with E-state index in [0.717, 1.165) is 17.5 Å². The molecular weight excluding hydrogens is 295 g/mol. The standard InChI is InChI=1S/C15H10Cl2N2O/c1-9-3-2-6-19-13(8-20)14(18-15(9)19)11-5-4-10(16)7-12(11)17/h2-8H,1H3. The number of rotatable bonds is 2. The molecule has 0 fully saturated rings. The molecule has 0 saturated carbocycles. The van der Waals surface area contributed by atoms with Gasteiger partial charge in [-0.25, -0.2) is 4.98 Å². The van der Waals surface area contributed by atoms with Gasteiger partial charge in [0.2, 0.25) is 0 Å². The van der Waals surface area contributed by atoms with E-state index in [1.165, 1.54) is 0 Å². The highest BCUT2D eigenvalue weighted by Gasteiger charge is 2.16. The number of pyridine rings is 1. The number of nitrogens with zero attached hydrogens (tertiary/aromatic N) is 2. The Morgan fingerprint density at radius 3 is 2.75 bits per heavy atom. The van der Waals surface area contributed by atoms with Crippen LogP contribution in [0.15, 0.2) is 36.5 Å². The van der Waals surface area contributed by atoms with Gasteiger partial charge in [-0.1, -0.05) is 29.3 Å². The lowest BCUT2D eigenvalue weighted by molar-refractivity contribution is 0.111. The molecule has 5 heteroatoms. The summed E-state index contributed by atoms with van der Waals surface area (Å²) in [6.45, 7) is 1.95. The van der Waals surface area contributed by atoms with Gasteiger partial charge in [0, 0.05) is 16.8 Å².